The molecule has 3 aromatic carbocycles. The van der Waals surface area contributed by atoms with Gasteiger partial charge in [-0.3, -0.25) is 14.5 Å². The van der Waals surface area contributed by atoms with Gasteiger partial charge in [-0.25, -0.2) is 9.07 Å². The van der Waals surface area contributed by atoms with Gasteiger partial charge in [-0.05, 0) is 18.2 Å². The summed E-state index contributed by atoms with van der Waals surface area (Å²) in [7, 11) is 0. The van der Waals surface area contributed by atoms with E-state index in [9.17, 15) is 9.59 Å². The van der Waals surface area contributed by atoms with Crippen LogP contribution in [0.5, 0.6) is 0 Å². The van der Waals surface area contributed by atoms with Crippen molar-refractivity contribution < 1.29 is 18.7 Å². The van der Waals surface area contributed by atoms with Crippen molar-refractivity contribution in [3.63, 3.8) is 0 Å². The average molecular weight is 543 g/mol. The Balaban J connectivity index is 1.59. The minimum atomic E-state index is -0.513. The van der Waals surface area contributed by atoms with E-state index in [2.05, 4.69) is 0 Å². The molecule has 39 heavy (non-hydrogen) atoms. The molecular formula is C30H27FN4O3S. The number of hydrogen-bond donors (Lipinski definition) is 0. The zero-order valence-electron chi connectivity index (χ0n) is 21.2. The van der Waals surface area contributed by atoms with Gasteiger partial charge >= 0.3 is 0 Å². The first-order chi connectivity index (χ1) is 19.1. The van der Waals surface area contributed by atoms with E-state index in [1.807, 2.05) is 60.7 Å². The Hall–Kier alpha value is -3.95. The fourth-order valence-electron chi connectivity index (χ4n) is 5.06. The van der Waals surface area contributed by atoms with Crippen molar-refractivity contribution in [2.75, 3.05) is 43.5 Å². The number of rotatable bonds is 5. The van der Waals surface area contributed by atoms with Gasteiger partial charge in [0.1, 0.15) is 18.2 Å². The van der Waals surface area contributed by atoms with E-state index < -0.39 is 5.25 Å². The Kier molecular flexibility index (Phi) is 7.17. The van der Waals surface area contributed by atoms with Gasteiger partial charge in [0, 0.05) is 29.8 Å². The molecule has 1 unspecified atom stereocenters. The fourth-order valence-corrected chi connectivity index (χ4v) is 6.28. The molecule has 0 spiro atoms. The number of amides is 2. The van der Waals surface area contributed by atoms with Gasteiger partial charge in [-0.15, -0.1) is 11.8 Å². The topological polar surface area (TPSA) is 67.7 Å². The molecule has 1 saturated heterocycles. The minimum Gasteiger partial charge on any atom is -0.378 e. The highest BCUT2D eigenvalue weighted by Gasteiger charge is 2.39. The SMILES string of the molecule is O=C(CN1C(=O)CSC(c2ccccc2F)c2c(-c3ccccc3)nn(-c3ccccc3)c21)N1CCOCC1. The number of thioether (sulfide) groups is 1. The van der Waals surface area contributed by atoms with Crippen LogP contribution in [0.2, 0.25) is 0 Å². The van der Waals surface area contributed by atoms with Gasteiger partial charge in [-0.2, -0.15) is 5.10 Å². The molecule has 1 aromatic heterocycles. The molecule has 3 heterocycles. The molecule has 0 saturated carbocycles. The van der Waals surface area contributed by atoms with E-state index in [4.69, 9.17) is 9.84 Å². The highest BCUT2D eigenvalue weighted by atomic mass is 32.2. The first kappa shape index (κ1) is 25.3. The van der Waals surface area contributed by atoms with Gasteiger partial charge in [0.15, 0.2) is 0 Å². The summed E-state index contributed by atoms with van der Waals surface area (Å²) in [6.45, 7) is 1.76. The summed E-state index contributed by atoms with van der Waals surface area (Å²) in [6.07, 6.45) is 0. The van der Waals surface area contributed by atoms with Crippen molar-refractivity contribution in [1.82, 2.24) is 14.7 Å². The number of carbonyl (C=O) groups excluding carboxylic acids is 2. The molecule has 1 fully saturated rings. The normalized spacial score (nSPS) is 17.6. The number of benzene rings is 3. The van der Waals surface area contributed by atoms with Gasteiger partial charge < -0.3 is 9.64 Å². The van der Waals surface area contributed by atoms with Crippen molar-refractivity contribution in [3.05, 3.63) is 102 Å². The molecule has 7 nitrogen and oxygen atoms in total. The van der Waals surface area contributed by atoms with Crippen molar-refractivity contribution in [2.45, 2.75) is 5.25 Å². The van der Waals surface area contributed by atoms with E-state index >= 15 is 4.39 Å². The molecular weight excluding hydrogens is 515 g/mol. The molecule has 4 aromatic rings. The number of ether oxygens (including phenoxy) is 1. The molecule has 0 aliphatic carbocycles. The Morgan fingerprint density at radius 1 is 0.949 bits per heavy atom. The van der Waals surface area contributed by atoms with Crippen LogP contribution in [0.15, 0.2) is 84.9 Å². The van der Waals surface area contributed by atoms with Crippen LogP contribution in [0, 0.1) is 5.82 Å². The number of hydrogen-bond acceptors (Lipinski definition) is 5. The van der Waals surface area contributed by atoms with Crippen LogP contribution in [0.25, 0.3) is 16.9 Å². The Morgan fingerprint density at radius 3 is 2.33 bits per heavy atom. The molecule has 0 bridgehead atoms. The van der Waals surface area contributed by atoms with Crippen LogP contribution in [0.3, 0.4) is 0 Å². The molecule has 2 aliphatic rings. The summed E-state index contributed by atoms with van der Waals surface area (Å²) in [4.78, 5) is 30.5. The highest BCUT2D eigenvalue weighted by molar-refractivity contribution is 8.00. The minimum absolute atomic E-state index is 0.0904. The summed E-state index contributed by atoms with van der Waals surface area (Å²) in [5.41, 5.74) is 3.42. The number of morpholine rings is 1. The molecule has 2 amide bonds. The number of aromatic nitrogens is 2. The standard InChI is InChI=1S/C30H27FN4O3S/c31-24-14-8-7-13-23(24)29-27-28(21-9-3-1-4-10-21)32-35(22-11-5-2-6-12-22)30(27)34(26(37)20-39-29)19-25(36)33-15-17-38-18-16-33/h1-14,29H,15-20H2. The molecule has 2 aliphatic heterocycles. The molecule has 0 radical (unpaired) electrons. The second kappa shape index (κ2) is 11.0. The quantitative estimate of drug-likeness (QED) is 0.366. The third-order valence-electron chi connectivity index (χ3n) is 6.98. The van der Waals surface area contributed by atoms with Crippen molar-refractivity contribution in [2.24, 2.45) is 0 Å². The summed E-state index contributed by atoms with van der Waals surface area (Å²) in [5.74, 6) is -0.150. The number of halogens is 1. The van der Waals surface area contributed by atoms with E-state index in [0.29, 0.717) is 48.9 Å². The maximum Gasteiger partial charge on any atom is 0.242 e. The van der Waals surface area contributed by atoms with Crippen molar-refractivity contribution in [3.8, 4) is 16.9 Å². The molecule has 6 rings (SSSR count). The zero-order valence-corrected chi connectivity index (χ0v) is 22.0. The second-order valence-electron chi connectivity index (χ2n) is 9.38. The maximum atomic E-state index is 15.3. The number of carbonyl (C=O) groups is 2. The first-order valence-electron chi connectivity index (χ1n) is 12.9. The van der Waals surface area contributed by atoms with Gasteiger partial charge in [-0.1, -0.05) is 66.7 Å². The van der Waals surface area contributed by atoms with E-state index in [1.165, 1.54) is 22.7 Å². The maximum absolute atomic E-state index is 15.3. The van der Waals surface area contributed by atoms with E-state index in [1.54, 1.807) is 27.8 Å². The van der Waals surface area contributed by atoms with Gasteiger partial charge in [0.25, 0.3) is 0 Å². The van der Waals surface area contributed by atoms with Crippen molar-refractivity contribution in [1.29, 1.82) is 0 Å². The van der Waals surface area contributed by atoms with E-state index in [-0.39, 0.29) is 29.9 Å². The Bertz CT molecular complexity index is 1490. The molecule has 9 heteroatoms. The summed E-state index contributed by atoms with van der Waals surface area (Å²) < 4.78 is 22.4. The second-order valence-corrected chi connectivity index (χ2v) is 10.5. The molecule has 0 N–H and O–H groups in total. The smallest absolute Gasteiger partial charge is 0.242 e. The van der Waals surface area contributed by atoms with Gasteiger partial charge in [0.05, 0.1) is 35.6 Å². The molecule has 1 atom stereocenters. The van der Waals surface area contributed by atoms with E-state index in [0.717, 1.165) is 11.3 Å². The Labute approximate surface area is 230 Å². The van der Waals surface area contributed by atoms with Crippen LogP contribution < -0.4 is 4.90 Å². The summed E-state index contributed by atoms with van der Waals surface area (Å²) in [5, 5.41) is 4.51. The monoisotopic (exact) mass is 542 g/mol. The third-order valence-corrected chi connectivity index (χ3v) is 8.22. The number of para-hydroxylation sites is 1. The Morgan fingerprint density at radius 2 is 1.62 bits per heavy atom. The lowest BCUT2D eigenvalue weighted by Crippen LogP contribution is -2.48. The third kappa shape index (κ3) is 4.95. The first-order valence-corrected chi connectivity index (χ1v) is 13.9. The predicted molar refractivity (Wildman–Crippen MR) is 149 cm³/mol. The van der Waals surface area contributed by atoms with Crippen LogP contribution >= 0.6 is 11.8 Å². The van der Waals surface area contributed by atoms with Gasteiger partial charge in [0.2, 0.25) is 11.8 Å². The summed E-state index contributed by atoms with van der Waals surface area (Å²) in [6, 6.07) is 25.9. The summed E-state index contributed by atoms with van der Waals surface area (Å²) >= 11 is 1.36. The van der Waals surface area contributed by atoms with Crippen molar-refractivity contribution >= 4 is 29.4 Å². The lowest BCUT2D eigenvalue weighted by molar-refractivity contribution is -0.134. The van der Waals surface area contributed by atoms with Crippen LogP contribution in [-0.4, -0.2) is 65.1 Å². The van der Waals surface area contributed by atoms with Crippen LogP contribution in [0.4, 0.5) is 10.2 Å². The number of anilines is 1. The number of fused-ring (bicyclic) bond motifs is 1. The largest absolute Gasteiger partial charge is 0.378 e. The molecule has 198 valence electrons. The fraction of sp³-hybridized carbons (Fsp3) is 0.233. The lowest BCUT2D eigenvalue weighted by atomic mass is 9.99. The zero-order chi connectivity index (χ0) is 26.8. The number of nitrogens with zero attached hydrogens (tertiary/aromatic N) is 4. The average Bonchev–Trinajstić information content (AvgIpc) is 3.32. The lowest BCUT2D eigenvalue weighted by Gasteiger charge is -2.30. The van der Waals surface area contributed by atoms with Crippen LogP contribution in [0.1, 0.15) is 16.4 Å². The highest BCUT2D eigenvalue weighted by Crippen LogP contribution is 2.49. The van der Waals surface area contributed by atoms with Crippen LogP contribution in [-0.2, 0) is 14.3 Å². The predicted octanol–water partition coefficient (Wildman–Crippen LogP) is 4.71.